The fraction of sp³-hybridized carbons (Fsp3) is 0.214. The Balaban J connectivity index is 2.16. The highest BCUT2D eigenvalue weighted by Gasteiger charge is 2.09. The van der Waals surface area contributed by atoms with Gasteiger partial charge in [-0.1, -0.05) is 30.3 Å². The van der Waals surface area contributed by atoms with Gasteiger partial charge in [-0.3, -0.25) is 4.98 Å². The summed E-state index contributed by atoms with van der Waals surface area (Å²) in [5, 5.41) is 0. The van der Waals surface area contributed by atoms with Crippen molar-refractivity contribution in [2.24, 2.45) is 0 Å². The summed E-state index contributed by atoms with van der Waals surface area (Å²) in [7, 11) is 0. The molecule has 2 nitrogen and oxygen atoms in total. The minimum atomic E-state index is 0.000525. The second kappa shape index (κ2) is 5.69. The maximum Gasteiger partial charge on any atom is 0.127 e. The van der Waals surface area contributed by atoms with Crippen molar-refractivity contribution in [1.82, 2.24) is 4.98 Å². The summed E-state index contributed by atoms with van der Waals surface area (Å²) in [6, 6.07) is 11.9. The van der Waals surface area contributed by atoms with Gasteiger partial charge in [0.05, 0.1) is 5.88 Å². The van der Waals surface area contributed by atoms with Crippen LogP contribution in [0.1, 0.15) is 24.2 Å². The van der Waals surface area contributed by atoms with E-state index in [1.165, 1.54) is 0 Å². The molecule has 0 spiro atoms. The van der Waals surface area contributed by atoms with Crippen LogP contribution in [0, 0.1) is 0 Å². The predicted octanol–water partition coefficient (Wildman–Crippen LogP) is 3.96. The molecule has 0 bridgehead atoms. The number of pyridine rings is 1. The molecule has 88 valence electrons. The van der Waals surface area contributed by atoms with Crippen molar-refractivity contribution in [3.63, 3.8) is 0 Å². The molecule has 3 heteroatoms. The van der Waals surface area contributed by atoms with Gasteiger partial charge < -0.3 is 4.74 Å². The number of nitrogens with zero attached hydrogens (tertiary/aromatic N) is 1. The lowest BCUT2D eigenvalue weighted by atomic mass is 10.1. The zero-order chi connectivity index (χ0) is 12.1. The van der Waals surface area contributed by atoms with Crippen LogP contribution < -0.4 is 4.74 Å². The first-order chi connectivity index (χ1) is 8.31. The molecule has 0 aliphatic carbocycles. The number of hydrogen-bond donors (Lipinski definition) is 0. The largest absolute Gasteiger partial charge is 0.486 e. The Morgan fingerprint density at radius 2 is 2.00 bits per heavy atom. The van der Waals surface area contributed by atoms with Gasteiger partial charge in [0.15, 0.2) is 0 Å². The van der Waals surface area contributed by atoms with Gasteiger partial charge in [-0.05, 0) is 18.6 Å². The van der Waals surface area contributed by atoms with Crippen LogP contribution in [0.25, 0.3) is 0 Å². The summed E-state index contributed by atoms with van der Waals surface area (Å²) in [5.74, 6) is 1.20. The van der Waals surface area contributed by atoms with E-state index in [4.69, 9.17) is 16.3 Å². The highest BCUT2D eigenvalue weighted by atomic mass is 35.5. The van der Waals surface area contributed by atoms with Gasteiger partial charge in [0, 0.05) is 18.0 Å². The molecule has 1 aromatic carbocycles. The maximum atomic E-state index is 5.90. The summed E-state index contributed by atoms with van der Waals surface area (Å²) in [5.41, 5.74) is 2.06. The number of ether oxygens (including phenoxy) is 1. The highest BCUT2D eigenvalue weighted by Crippen LogP contribution is 2.25. The molecule has 1 aromatic heterocycles. The van der Waals surface area contributed by atoms with Crippen molar-refractivity contribution >= 4 is 11.6 Å². The summed E-state index contributed by atoms with van der Waals surface area (Å²) in [6.07, 6.45) is 3.45. The third-order valence-electron chi connectivity index (χ3n) is 2.58. The Bertz CT molecular complexity index is 473. The number of rotatable bonds is 4. The zero-order valence-electron chi connectivity index (χ0n) is 9.64. The third kappa shape index (κ3) is 2.98. The quantitative estimate of drug-likeness (QED) is 0.763. The molecule has 0 radical (unpaired) electrons. The van der Waals surface area contributed by atoms with Gasteiger partial charge in [0.2, 0.25) is 0 Å². The normalized spacial score (nSPS) is 12.1. The zero-order valence-corrected chi connectivity index (χ0v) is 10.4. The minimum absolute atomic E-state index is 0.000525. The Morgan fingerprint density at radius 3 is 2.71 bits per heavy atom. The molecule has 1 atom stereocenters. The van der Waals surface area contributed by atoms with Crippen LogP contribution >= 0.6 is 11.6 Å². The van der Waals surface area contributed by atoms with Crippen molar-refractivity contribution in [3.8, 4) is 5.75 Å². The van der Waals surface area contributed by atoms with Crippen molar-refractivity contribution in [2.45, 2.75) is 18.9 Å². The van der Waals surface area contributed by atoms with Crippen molar-refractivity contribution < 1.29 is 4.74 Å². The molecule has 0 saturated carbocycles. The number of alkyl halides is 1. The smallest absolute Gasteiger partial charge is 0.127 e. The number of aromatic nitrogens is 1. The van der Waals surface area contributed by atoms with Crippen LogP contribution in [0.4, 0.5) is 0 Å². The molecule has 0 saturated heterocycles. The average Bonchev–Trinajstić information content (AvgIpc) is 2.40. The lowest BCUT2D eigenvalue weighted by Crippen LogP contribution is -2.04. The lowest BCUT2D eigenvalue weighted by molar-refractivity contribution is 0.225. The molecule has 2 rings (SSSR count). The van der Waals surface area contributed by atoms with Crippen LogP contribution in [-0.2, 0) is 5.88 Å². The molecule has 1 heterocycles. The predicted molar refractivity (Wildman–Crippen MR) is 69.3 cm³/mol. The fourth-order valence-corrected chi connectivity index (χ4v) is 1.81. The van der Waals surface area contributed by atoms with E-state index in [1.54, 1.807) is 12.4 Å². The van der Waals surface area contributed by atoms with Gasteiger partial charge in [-0.25, -0.2) is 0 Å². The standard InChI is InChI=1S/C14H14ClNO/c1-11(12-5-3-2-4-6-12)17-14-7-8-16-10-13(14)9-15/h2-8,10-11H,9H2,1H3. The monoisotopic (exact) mass is 247 g/mol. The lowest BCUT2D eigenvalue weighted by Gasteiger charge is -2.16. The van der Waals surface area contributed by atoms with E-state index in [1.807, 2.05) is 43.3 Å². The molecular formula is C14H14ClNO. The van der Waals surface area contributed by atoms with E-state index in [2.05, 4.69) is 4.98 Å². The van der Waals surface area contributed by atoms with Gasteiger partial charge in [-0.15, -0.1) is 11.6 Å². The van der Waals surface area contributed by atoms with E-state index in [0.717, 1.165) is 16.9 Å². The molecule has 1 unspecified atom stereocenters. The molecule has 0 aliphatic rings. The SMILES string of the molecule is CC(Oc1ccncc1CCl)c1ccccc1. The second-order valence-electron chi connectivity index (χ2n) is 3.79. The van der Waals surface area contributed by atoms with Gasteiger partial charge >= 0.3 is 0 Å². The molecular weight excluding hydrogens is 234 g/mol. The molecule has 0 fully saturated rings. The van der Waals surface area contributed by atoms with Crippen LogP contribution in [0.3, 0.4) is 0 Å². The summed E-state index contributed by atoms with van der Waals surface area (Å²) >= 11 is 5.84. The van der Waals surface area contributed by atoms with Gasteiger partial charge in [0.25, 0.3) is 0 Å². The molecule has 2 aromatic rings. The molecule has 0 amide bonds. The topological polar surface area (TPSA) is 22.1 Å². The number of benzene rings is 1. The number of hydrogen-bond acceptors (Lipinski definition) is 2. The van der Waals surface area contributed by atoms with Gasteiger partial charge in [0.1, 0.15) is 11.9 Å². The van der Waals surface area contributed by atoms with Gasteiger partial charge in [-0.2, -0.15) is 0 Å². The summed E-state index contributed by atoms with van der Waals surface area (Å²) in [6.45, 7) is 2.02. The number of halogens is 1. The van der Waals surface area contributed by atoms with Crippen LogP contribution in [0.15, 0.2) is 48.8 Å². The average molecular weight is 248 g/mol. The van der Waals surface area contributed by atoms with Crippen LogP contribution in [-0.4, -0.2) is 4.98 Å². The molecule has 17 heavy (non-hydrogen) atoms. The minimum Gasteiger partial charge on any atom is -0.486 e. The van der Waals surface area contributed by atoms with E-state index in [-0.39, 0.29) is 6.10 Å². The van der Waals surface area contributed by atoms with E-state index >= 15 is 0 Å². The summed E-state index contributed by atoms with van der Waals surface area (Å²) < 4.78 is 5.90. The van der Waals surface area contributed by atoms with E-state index in [0.29, 0.717) is 5.88 Å². The van der Waals surface area contributed by atoms with Crippen LogP contribution in [0.5, 0.6) is 5.75 Å². The van der Waals surface area contributed by atoms with Crippen molar-refractivity contribution in [1.29, 1.82) is 0 Å². The molecule has 0 N–H and O–H groups in total. The Labute approximate surface area is 106 Å². The second-order valence-corrected chi connectivity index (χ2v) is 4.06. The first-order valence-electron chi connectivity index (χ1n) is 5.51. The van der Waals surface area contributed by atoms with E-state index < -0.39 is 0 Å². The Kier molecular flexibility index (Phi) is 3.99. The first-order valence-corrected chi connectivity index (χ1v) is 6.05. The Hall–Kier alpha value is -1.54. The fourth-order valence-electron chi connectivity index (χ4n) is 1.61. The Morgan fingerprint density at radius 1 is 1.24 bits per heavy atom. The third-order valence-corrected chi connectivity index (χ3v) is 2.86. The summed E-state index contributed by atoms with van der Waals surface area (Å²) in [4.78, 5) is 4.03. The molecule has 0 aliphatic heterocycles. The van der Waals surface area contributed by atoms with E-state index in [9.17, 15) is 0 Å². The first kappa shape index (κ1) is 11.9. The maximum absolute atomic E-state index is 5.90. The van der Waals surface area contributed by atoms with Crippen molar-refractivity contribution in [3.05, 3.63) is 59.9 Å². The van der Waals surface area contributed by atoms with Crippen molar-refractivity contribution in [2.75, 3.05) is 0 Å². The highest BCUT2D eigenvalue weighted by molar-refractivity contribution is 6.17. The van der Waals surface area contributed by atoms with Crippen LogP contribution in [0.2, 0.25) is 0 Å².